The lowest BCUT2D eigenvalue weighted by Gasteiger charge is -2.12. The van der Waals surface area contributed by atoms with E-state index in [4.69, 9.17) is 0 Å². The Bertz CT molecular complexity index is 1040. The third kappa shape index (κ3) is 1.81. The van der Waals surface area contributed by atoms with Crippen LogP contribution in [0.2, 0.25) is 0 Å². The van der Waals surface area contributed by atoms with Crippen molar-refractivity contribution in [2.24, 2.45) is 7.05 Å². The average molecular weight is 302 g/mol. The summed E-state index contributed by atoms with van der Waals surface area (Å²) < 4.78 is 2.16. The van der Waals surface area contributed by atoms with Crippen LogP contribution in [0.3, 0.4) is 0 Å². The van der Waals surface area contributed by atoms with Crippen molar-refractivity contribution >= 4 is 33.1 Å². The standard InChI is InChI=1S/C19H14N2S/c1-21-16-10-6-5-9-15(16)17-18(21)14(11-20)12-22-19(17)13-7-3-2-4-8-13/h2-10H,12H2,1H3. The number of aryl methyl sites for hydroxylation is 1. The van der Waals surface area contributed by atoms with Crippen LogP contribution in [0.5, 0.6) is 0 Å². The summed E-state index contributed by atoms with van der Waals surface area (Å²) in [4.78, 5) is 1.27. The van der Waals surface area contributed by atoms with E-state index in [0.717, 1.165) is 16.7 Å². The Morgan fingerprint density at radius 3 is 2.55 bits per heavy atom. The molecule has 0 fully saturated rings. The number of nitriles is 1. The SMILES string of the molecule is Cn1c2c(c3ccccc31)=C(c1ccccc1)SCC=2C#N. The Morgan fingerprint density at radius 1 is 1.05 bits per heavy atom. The second-order valence-electron chi connectivity index (χ2n) is 5.37. The summed E-state index contributed by atoms with van der Waals surface area (Å²) in [5.74, 6) is 0.734. The smallest absolute Gasteiger partial charge is 0.0978 e. The third-order valence-corrected chi connectivity index (χ3v) is 5.31. The van der Waals surface area contributed by atoms with Gasteiger partial charge in [-0.1, -0.05) is 48.5 Å². The molecule has 3 heteroatoms. The Hall–Kier alpha value is -2.44. The molecule has 2 aromatic carbocycles. The Kier molecular flexibility index (Phi) is 3.06. The number of rotatable bonds is 1. The molecule has 0 atom stereocenters. The Morgan fingerprint density at radius 2 is 1.77 bits per heavy atom. The summed E-state index contributed by atoms with van der Waals surface area (Å²) in [5.41, 5.74) is 3.26. The first-order chi connectivity index (χ1) is 10.8. The summed E-state index contributed by atoms with van der Waals surface area (Å²) in [7, 11) is 2.05. The van der Waals surface area contributed by atoms with Crippen LogP contribution in [0.15, 0.2) is 54.6 Å². The fraction of sp³-hybridized carbons (Fsp3) is 0.105. The fourth-order valence-corrected chi connectivity index (χ4v) is 4.31. The van der Waals surface area contributed by atoms with E-state index in [0.29, 0.717) is 0 Å². The molecule has 0 aliphatic carbocycles. The lowest BCUT2D eigenvalue weighted by atomic mass is 10.1. The molecule has 0 radical (unpaired) electrons. The van der Waals surface area contributed by atoms with Gasteiger partial charge in [0.15, 0.2) is 0 Å². The molecule has 106 valence electrons. The first-order valence-electron chi connectivity index (χ1n) is 7.20. The largest absolute Gasteiger partial charge is 0.343 e. The van der Waals surface area contributed by atoms with Crippen LogP contribution in [-0.2, 0) is 7.05 Å². The maximum atomic E-state index is 9.52. The van der Waals surface area contributed by atoms with Gasteiger partial charge in [-0.3, -0.25) is 0 Å². The summed E-state index contributed by atoms with van der Waals surface area (Å²) in [5, 5.41) is 13.0. The van der Waals surface area contributed by atoms with E-state index >= 15 is 0 Å². The number of nitrogens with zero attached hydrogens (tertiary/aromatic N) is 2. The molecule has 22 heavy (non-hydrogen) atoms. The quantitative estimate of drug-likeness (QED) is 0.691. The average Bonchev–Trinajstić information content (AvgIpc) is 2.89. The highest BCUT2D eigenvalue weighted by Crippen LogP contribution is 2.29. The van der Waals surface area contributed by atoms with Gasteiger partial charge < -0.3 is 4.57 Å². The van der Waals surface area contributed by atoms with Gasteiger partial charge in [0.2, 0.25) is 0 Å². The van der Waals surface area contributed by atoms with E-state index < -0.39 is 0 Å². The number of aromatic nitrogens is 1. The predicted molar refractivity (Wildman–Crippen MR) is 92.6 cm³/mol. The summed E-state index contributed by atoms with van der Waals surface area (Å²) in [6.45, 7) is 0. The molecule has 0 spiro atoms. The first-order valence-corrected chi connectivity index (χ1v) is 8.19. The van der Waals surface area contributed by atoms with E-state index in [-0.39, 0.29) is 0 Å². The van der Waals surface area contributed by atoms with Gasteiger partial charge in [-0.15, -0.1) is 11.8 Å². The summed E-state index contributed by atoms with van der Waals surface area (Å²) in [6, 6.07) is 21.2. The molecular weight excluding hydrogens is 288 g/mol. The molecule has 4 rings (SSSR count). The van der Waals surface area contributed by atoms with Crippen LogP contribution in [0.25, 0.3) is 21.4 Å². The van der Waals surface area contributed by atoms with Crippen LogP contribution in [0.4, 0.5) is 0 Å². The highest BCUT2D eigenvalue weighted by molar-refractivity contribution is 8.08. The molecule has 1 aromatic heterocycles. The molecule has 0 saturated carbocycles. The number of benzene rings is 2. The Labute approximate surface area is 133 Å². The maximum absolute atomic E-state index is 9.52. The van der Waals surface area contributed by atoms with Crippen LogP contribution in [-0.4, -0.2) is 10.3 Å². The van der Waals surface area contributed by atoms with Gasteiger partial charge in [0, 0.05) is 33.8 Å². The van der Waals surface area contributed by atoms with E-state index in [1.54, 1.807) is 11.8 Å². The van der Waals surface area contributed by atoms with Gasteiger partial charge in [0.05, 0.1) is 17.0 Å². The monoisotopic (exact) mass is 302 g/mol. The van der Waals surface area contributed by atoms with E-state index in [2.05, 4.69) is 66.2 Å². The van der Waals surface area contributed by atoms with Crippen molar-refractivity contribution in [3.05, 3.63) is 70.7 Å². The van der Waals surface area contributed by atoms with Crippen molar-refractivity contribution in [2.75, 3.05) is 5.75 Å². The molecule has 2 heterocycles. The fourth-order valence-electron chi connectivity index (χ4n) is 3.16. The van der Waals surface area contributed by atoms with Gasteiger partial charge >= 0.3 is 0 Å². The molecule has 0 amide bonds. The zero-order valence-electron chi connectivity index (χ0n) is 12.2. The van der Waals surface area contributed by atoms with E-state index in [1.165, 1.54) is 26.6 Å². The zero-order chi connectivity index (χ0) is 15.1. The third-order valence-electron chi connectivity index (χ3n) is 4.15. The lowest BCUT2D eigenvalue weighted by molar-refractivity contribution is 0.919. The highest BCUT2D eigenvalue weighted by atomic mass is 32.2. The second-order valence-corrected chi connectivity index (χ2v) is 6.36. The molecule has 0 unspecified atom stereocenters. The van der Waals surface area contributed by atoms with Crippen LogP contribution < -0.4 is 10.6 Å². The van der Waals surface area contributed by atoms with Crippen molar-refractivity contribution in [1.82, 2.24) is 4.57 Å². The van der Waals surface area contributed by atoms with Crippen molar-refractivity contribution in [1.29, 1.82) is 5.26 Å². The van der Waals surface area contributed by atoms with E-state index in [9.17, 15) is 5.26 Å². The van der Waals surface area contributed by atoms with Crippen molar-refractivity contribution in [3.63, 3.8) is 0 Å². The lowest BCUT2D eigenvalue weighted by Crippen LogP contribution is -2.35. The first kappa shape index (κ1) is 13.2. The number of thioether (sulfide) groups is 1. The minimum atomic E-state index is 0.734. The number of fused-ring (bicyclic) bond motifs is 3. The molecule has 0 bridgehead atoms. The molecule has 0 saturated heterocycles. The molecule has 1 aliphatic rings. The van der Waals surface area contributed by atoms with Gasteiger partial charge in [0.25, 0.3) is 0 Å². The Balaban J connectivity index is 2.30. The number of para-hydroxylation sites is 1. The summed E-state index contributed by atoms with van der Waals surface area (Å²) in [6.07, 6.45) is 0. The van der Waals surface area contributed by atoms with E-state index in [1.807, 2.05) is 6.07 Å². The number of hydrogen-bond donors (Lipinski definition) is 0. The van der Waals surface area contributed by atoms with Gasteiger partial charge in [-0.25, -0.2) is 0 Å². The molecule has 3 aromatic rings. The summed E-state index contributed by atoms with van der Waals surface area (Å²) >= 11 is 1.76. The second kappa shape index (κ2) is 5.08. The predicted octanol–water partition coefficient (Wildman–Crippen LogP) is 2.76. The highest BCUT2D eigenvalue weighted by Gasteiger charge is 2.18. The minimum Gasteiger partial charge on any atom is -0.343 e. The molecule has 1 aliphatic heterocycles. The van der Waals surface area contributed by atoms with Crippen LogP contribution in [0.1, 0.15) is 5.56 Å². The topological polar surface area (TPSA) is 28.7 Å². The van der Waals surface area contributed by atoms with Crippen molar-refractivity contribution < 1.29 is 0 Å². The van der Waals surface area contributed by atoms with Gasteiger partial charge in [-0.2, -0.15) is 5.26 Å². The van der Waals surface area contributed by atoms with Crippen LogP contribution in [0, 0.1) is 11.3 Å². The zero-order valence-corrected chi connectivity index (χ0v) is 13.0. The van der Waals surface area contributed by atoms with Crippen LogP contribution >= 0.6 is 11.8 Å². The van der Waals surface area contributed by atoms with Crippen molar-refractivity contribution in [2.45, 2.75) is 0 Å². The van der Waals surface area contributed by atoms with Gasteiger partial charge in [-0.05, 0) is 11.6 Å². The normalized spacial score (nSPS) is 14.0. The molecule has 0 N–H and O–H groups in total. The number of hydrogen-bond acceptors (Lipinski definition) is 2. The van der Waals surface area contributed by atoms with Gasteiger partial charge in [0.1, 0.15) is 0 Å². The minimum absolute atomic E-state index is 0.734. The molecular formula is C19H14N2S. The molecule has 2 nitrogen and oxygen atoms in total. The maximum Gasteiger partial charge on any atom is 0.0978 e. The van der Waals surface area contributed by atoms with Crippen molar-refractivity contribution in [3.8, 4) is 6.07 Å².